The topological polar surface area (TPSA) is 145 Å². The van der Waals surface area contributed by atoms with Crippen LogP contribution in [-0.4, -0.2) is 72.9 Å². The van der Waals surface area contributed by atoms with Crippen LogP contribution in [0.3, 0.4) is 0 Å². The van der Waals surface area contributed by atoms with Gasteiger partial charge >= 0.3 is 5.97 Å². The number of hydrogen-bond donors (Lipinski definition) is 5. The zero-order valence-electron chi connectivity index (χ0n) is 22.7. The van der Waals surface area contributed by atoms with E-state index in [0.717, 1.165) is 0 Å². The van der Waals surface area contributed by atoms with E-state index in [1.165, 1.54) is 0 Å². The molecule has 0 bridgehead atoms. The lowest BCUT2D eigenvalue weighted by atomic mass is 9.45. The summed E-state index contributed by atoms with van der Waals surface area (Å²) in [6.45, 7) is 9.07. The van der Waals surface area contributed by atoms with Gasteiger partial charge in [0.25, 0.3) is 0 Å². The van der Waals surface area contributed by atoms with Gasteiger partial charge in [0.15, 0.2) is 5.78 Å². The number of carbonyl (C=O) groups excluding carboxylic acids is 2. The zero-order valence-corrected chi connectivity index (χ0v) is 22.7. The molecule has 37 heavy (non-hydrogen) atoms. The maximum atomic E-state index is 13.4. The molecule has 13 atom stereocenters. The average molecular weight is 521 g/mol. The fourth-order valence-electron chi connectivity index (χ4n) is 9.43. The van der Waals surface area contributed by atoms with Crippen LogP contribution in [0.5, 0.6) is 0 Å². The van der Waals surface area contributed by atoms with Gasteiger partial charge in [0.1, 0.15) is 11.7 Å². The molecule has 3 saturated carbocycles. The van der Waals surface area contributed by atoms with Gasteiger partial charge in [0.2, 0.25) is 0 Å². The minimum atomic E-state index is -1.44. The van der Waals surface area contributed by atoms with Gasteiger partial charge in [-0.2, -0.15) is 0 Å². The summed E-state index contributed by atoms with van der Waals surface area (Å²) in [7, 11) is 0. The number of fused-ring (bicyclic) bond motifs is 5. The van der Waals surface area contributed by atoms with Crippen molar-refractivity contribution in [2.75, 3.05) is 0 Å². The maximum Gasteiger partial charge on any atom is 0.309 e. The van der Waals surface area contributed by atoms with Crippen molar-refractivity contribution in [2.24, 2.45) is 40.4 Å². The van der Waals surface area contributed by atoms with Crippen LogP contribution in [0, 0.1) is 40.4 Å². The predicted molar refractivity (Wildman–Crippen MR) is 134 cm³/mol. The summed E-state index contributed by atoms with van der Waals surface area (Å²) < 4.78 is 5.74. The van der Waals surface area contributed by atoms with Gasteiger partial charge < -0.3 is 30.3 Å². The summed E-state index contributed by atoms with van der Waals surface area (Å²) in [4.78, 5) is 26.0. The summed E-state index contributed by atoms with van der Waals surface area (Å²) in [6.07, 6.45) is 1.29. The Labute approximate surface area is 219 Å². The molecule has 1 aliphatic heterocycles. The van der Waals surface area contributed by atoms with Gasteiger partial charge in [-0.25, -0.2) is 0 Å². The van der Waals surface area contributed by atoms with E-state index in [4.69, 9.17) is 4.74 Å². The highest BCUT2D eigenvalue weighted by Crippen LogP contribution is 2.68. The Bertz CT molecular complexity index is 1000. The number of ether oxygens (including phenoxy) is 1. The number of allylic oxidation sites excluding steroid dienone is 1. The van der Waals surface area contributed by atoms with Crippen molar-refractivity contribution in [1.82, 2.24) is 0 Å². The van der Waals surface area contributed by atoms with Crippen molar-refractivity contribution in [3.63, 3.8) is 0 Å². The molecule has 1 heterocycles. The highest BCUT2D eigenvalue weighted by molar-refractivity contribution is 5.95. The standard InChI is InChI=1S/C29H44O8/c1-14-16(15(2)30)10-24(37-25(14)34)28(5,35)23-7-9-29(36)18-11-20(31)19-12-21(32)22(33)13-26(19,3)17(18)6-8-27(23,29)4/h11,14-17,19,21-24,30,32-33,35-36H,6-10,12-13H2,1-5H3. The molecule has 8 nitrogen and oxygen atoms in total. The fraction of sp³-hybridized carbons (Fsp3) is 0.862. The molecule has 8 heteroatoms. The van der Waals surface area contributed by atoms with Gasteiger partial charge in [-0.3, -0.25) is 9.59 Å². The lowest BCUT2D eigenvalue weighted by Gasteiger charge is -2.61. The van der Waals surface area contributed by atoms with Crippen LogP contribution >= 0.6 is 0 Å². The van der Waals surface area contributed by atoms with Gasteiger partial charge in [-0.1, -0.05) is 20.8 Å². The van der Waals surface area contributed by atoms with Crippen LogP contribution < -0.4 is 0 Å². The largest absolute Gasteiger partial charge is 0.459 e. The first kappa shape index (κ1) is 27.3. The van der Waals surface area contributed by atoms with Crippen molar-refractivity contribution in [3.8, 4) is 0 Å². The van der Waals surface area contributed by atoms with Gasteiger partial charge in [-0.05, 0) is 87.7 Å². The van der Waals surface area contributed by atoms with E-state index >= 15 is 0 Å². The van der Waals surface area contributed by atoms with Crippen LogP contribution in [0.4, 0.5) is 0 Å². The first-order valence-corrected chi connectivity index (χ1v) is 14.0. The molecule has 5 N–H and O–H groups in total. The highest BCUT2D eigenvalue weighted by Gasteiger charge is 2.69. The lowest BCUT2D eigenvalue weighted by Crippen LogP contribution is -2.63. The summed E-state index contributed by atoms with van der Waals surface area (Å²) in [6, 6.07) is 0. The Morgan fingerprint density at radius 2 is 1.76 bits per heavy atom. The molecule has 4 fully saturated rings. The van der Waals surface area contributed by atoms with Crippen molar-refractivity contribution in [3.05, 3.63) is 11.6 Å². The van der Waals surface area contributed by atoms with Crippen molar-refractivity contribution < 1.29 is 39.9 Å². The number of rotatable bonds is 3. The number of ketones is 1. The summed E-state index contributed by atoms with van der Waals surface area (Å²) in [5.41, 5.74) is -3.37. The van der Waals surface area contributed by atoms with Crippen LogP contribution in [0.25, 0.3) is 0 Å². The first-order chi connectivity index (χ1) is 17.1. The molecule has 0 aromatic carbocycles. The number of cyclic esters (lactones) is 1. The van der Waals surface area contributed by atoms with E-state index in [2.05, 4.69) is 0 Å². The molecule has 13 unspecified atom stereocenters. The second kappa shape index (κ2) is 8.59. The molecule has 208 valence electrons. The number of carbonyl (C=O) groups is 2. The quantitative estimate of drug-likeness (QED) is 0.355. The zero-order chi connectivity index (χ0) is 27.3. The van der Waals surface area contributed by atoms with E-state index in [9.17, 15) is 35.1 Å². The van der Waals surface area contributed by atoms with E-state index in [0.29, 0.717) is 44.1 Å². The molecular formula is C29H44O8. The summed E-state index contributed by atoms with van der Waals surface area (Å²) >= 11 is 0. The molecule has 0 aromatic heterocycles. The number of aliphatic hydroxyl groups excluding tert-OH is 3. The minimum absolute atomic E-state index is 0.105. The van der Waals surface area contributed by atoms with Crippen molar-refractivity contribution in [2.45, 2.75) is 115 Å². The van der Waals surface area contributed by atoms with E-state index in [-0.39, 0.29) is 24.0 Å². The number of esters is 1. The molecule has 5 aliphatic rings. The molecule has 4 aliphatic carbocycles. The van der Waals surface area contributed by atoms with E-state index < -0.39 is 70.2 Å². The Morgan fingerprint density at radius 3 is 2.41 bits per heavy atom. The molecule has 0 radical (unpaired) electrons. The normalized spacial score (nSPS) is 52.2. The molecular weight excluding hydrogens is 476 g/mol. The monoisotopic (exact) mass is 520 g/mol. The van der Waals surface area contributed by atoms with Gasteiger partial charge in [0, 0.05) is 17.3 Å². The molecule has 5 rings (SSSR count). The van der Waals surface area contributed by atoms with Gasteiger partial charge in [0.05, 0.1) is 29.8 Å². The fourth-order valence-corrected chi connectivity index (χ4v) is 9.43. The minimum Gasteiger partial charge on any atom is -0.459 e. The third-order valence-electron chi connectivity index (χ3n) is 11.9. The number of hydrogen-bond acceptors (Lipinski definition) is 8. The second-order valence-corrected chi connectivity index (χ2v) is 13.7. The smallest absolute Gasteiger partial charge is 0.309 e. The Kier molecular flexibility index (Phi) is 6.33. The first-order valence-electron chi connectivity index (χ1n) is 14.0. The van der Waals surface area contributed by atoms with Gasteiger partial charge in [-0.15, -0.1) is 0 Å². The third kappa shape index (κ3) is 3.65. The number of aliphatic hydroxyl groups is 5. The second-order valence-electron chi connectivity index (χ2n) is 13.7. The van der Waals surface area contributed by atoms with E-state index in [1.54, 1.807) is 26.8 Å². The van der Waals surface area contributed by atoms with Crippen LogP contribution in [-0.2, 0) is 14.3 Å². The molecule has 0 spiro atoms. The lowest BCUT2D eigenvalue weighted by molar-refractivity contribution is -0.210. The predicted octanol–water partition coefficient (Wildman–Crippen LogP) is 1.89. The van der Waals surface area contributed by atoms with E-state index in [1.807, 2.05) is 13.8 Å². The third-order valence-corrected chi connectivity index (χ3v) is 11.9. The SMILES string of the molecule is CC(O)C1CC(C(C)(O)C2CCC3(O)C4=CC(=O)C5CC(O)C(O)CC5(C)C4CCC23C)OC(=O)C1C. The molecule has 1 saturated heterocycles. The summed E-state index contributed by atoms with van der Waals surface area (Å²) in [5, 5.41) is 55.5. The molecule has 0 amide bonds. The average Bonchev–Trinajstić information content (AvgIpc) is 3.09. The van der Waals surface area contributed by atoms with Crippen LogP contribution in [0.1, 0.15) is 79.6 Å². The van der Waals surface area contributed by atoms with Crippen LogP contribution in [0.15, 0.2) is 11.6 Å². The molecule has 0 aromatic rings. The Balaban J connectivity index is 1.48. The Hall–Kier alpha value is -1.32. The van der Waals surface area contributed by atoms with Crippen molar-refractivity contribution in [1.29, 1.82) is 0 Å². The summed E-state index contributed by atoms with van der Waals surface area (Å²) in [5.74, 6) is -2.22. The highest BCUT2D eigenvalue weighted by atomic mass is 16.6. The Morgan fingerprint density at radius 1 is 1.08 bits per heavy atom. The van der Waals surface area contributed by atoms with Crippen molar-refractivity contribution >= 4 is 11.8 Å². The maximum absolute atomic E-state index is 13.4. The van der Waals surface area contributed by atoms with Crippen LogP contribution in [0.2, 0.25) is 0 Å².